The summed E-state index contributed by atoms with van der Waals surface area (Å²) in [6, 6.07) is 91.3. The Bertz CT molecular complexity index is 4380. The second kappa shape index (κ2) is 21.1. The molecule has 2 aliphatic rings. The maximum atomic E-state index is 6.90. The summed E-state index contributed by atoms with van der Waals surface area (Å²) in [6.07, 6.45) is 1.99. The van der Waals surface area contributed by atoms with Crippen molar-refractivity contribution in [3.8, 4) is 50.7 Å². The van der Waals surface area contributed by atoms with Crippen LogP contribution < -0.4 is 14.5 Å². The van der Waals surface area contributed by atoms with Gasteiger partial charge in [0.2, 0.25) is 0 Å². The van der Waals surface area contributed by atoms with Crippen LogP contribution in [0, 0.1) is 18.8 Å². The Hall–Kier alpha value is -8.76. The van der Waals surface area contributed by atoms with Gasteiger partial charge in [-0.15, -0.1) is 48.1 Å². The molecular weight excluding hydrogens is 1220 g/mol. The molecule has 0 saturated heterocycles. The number of ether oxygens (including phenoxy) is 1. The molecule has 12 aromatic rings. The monoisotopic (exact) mass is 1280 g/mol. The van der Waals surface area contributed by atoms with Crippen molar-refractivity contribution in [2.75, 3.05) is 9.80 Å². The number of hydrogen-bond acceptors (Lipinski definition) is 4. The van der Waals surface area contributed by atoms with Gasteiger partial charge in [0.1, 0.15) is 5.82 Å². The van der Waals surface area contributed by atoms with E-state index in [4.69, 9.17) is 9.72 Å². The van der Waals surface area contributed by atoms with E-state index >= 15 is 0 Å². The van der Waals surface area contributed by atoms with Gasteiger partial charge in [-0.2, -0.15) is 12.1 Å². The van der Waals surface area contributed by atoms with Crippen LogP contribution in [0.25, 0.3) is 61.0 Å². The van der Waals surface area contributed by atoms with Gasteiger partial charge in [-0.1, -0.05) is 226 Å². The fraction of sp³-hybridized carbons (Fsp3) is 0.165. The molecule has 0 radical (unpaired) electrons. The molecule has 0 fully saturated rings. The van der Waals surface area contributed by atoms with Gasteiger partial charge < -0.3 is 19.1 Å². The van der Waals surface area contributed by atoms with Crippen molar-refractivity contribution in [3.63, 3.8) is 0 Å². The van der Waals surface area contributed by atoms with Gasteiger partial charge in [0, 0.05) is 72.5 Å². The summed E-state index contributed by atoms with van der Waals surface area (Å²) in [6.45, 7) is 22.9. The van der Waals surface area contributed by atoms with Crippen molar-refractivity contribution in [3.05, 3.63) is 294 Å². The van der Waals surface area contributed by atoms with E-state index in [1.165, 1.54) is 44.5 Å². The quantitative estimate of drug-likeness (QED) is 0.135. The van der Waals surface area contributed by atoms with E-state index in [9.17, 15) is 0 Å². The summed E-state index contributed by atoms with van der Waals surface area (Å²) in [5, 5.41) is 2.17. The van der Waals surface area contributed by atoms with Crippen LogP contribution in [-0.4, -0.2) is 9.55 Å². The van der Waals surface area contributed by atoms with Crippen LogP contribution in [-0.2, 0) is 42.7 Å². The standard InChI is InChI=1S/C79H67N4O.Pt/c1-76(2,3)55-36-40-68-66(44-55)67-45-56(77(4,5)6)37-41-69(67)79(68,54-28-17-12-18-29-54)57-42-43-80-74(48-57)83-70-33-20-19-32-62(70)63-39-38-61(50-73(63)83)84-60-31-23-30-59(49-60)81-51-82(72-35-22-21-34-71(72)81)75-64(52-24-13-10-14-25-52)46-58(78(7,8)9)47-65(75)53-26-15-11-16-27-53;/h10-48,51H,1-9H3;/q-3;. The summed E-state index contributed by atoms with van der Waals surface area (Å²) in [5.74, 6) is 1.95. The molecule has 5 nitrogen and oxygen atoms in total. The third kappa shape index (κ3) is 9.49. The first kappa shape index (κ1) is 55.4. The molecule has 14 rings (SSSR count). The minimum atomic E-state index is -0.635. The summed E-state index contributed by atoms with van der Waals surface area (Å²) >= 11 is 0. The second-order valence-corrected chi connectivity index (χ2v) is 25.7. The molecule has 0 bridgehead atoms. The Morgan fingerprint density at radius 2 is 0.965 bits per heavy atom. The zero-order chi connectivity index (χ0) is 57.7. The fourth-order valence-electron chi connectivity index (χ4n) is 12.9. The molecule has 0 N–H and O–H groups in total. The molecule has 0 atom stereocenters. The van der Waals surface area contributed by atoms with Gasteiger partial charge in [-0.3, -0.25) is 0 Å². The van der Waals surface area contributed by atoms with Crippen molar-refractivity contribution in [1.29, 1.82) is 0 Å². The van der Waals surface area contributed by atoms with E-state index in [-0.39, 0.29) is 37.3 Å². The van der Waals surface area contributed by atoms with E-state index in [0.29, 0.717) is 11.5 Å². The Morgan fingerprint density at radius 1 is 0.435 bits per heavy atom. The predicted molar refractivity (Wildman–Crippen MR) is 349 cm³/mol. The Morgan fingerprint density at radius 3 is 1.56 bits per heavy atom. The molecule has 422 valence electrons. The summed E-state index contributed by atoms with van der Waals surface area (Å²) in [7, 11) is 0. The van der Waals surface area contributed by atoms with Crippen molar-refractivity contribution >= 4 is 44.6 Å². The van der Waals surface area contributed by atoms with E-state index in [1.807, 2.05) is 24.4 Å². The number of benzene rings is 10. The first-order chi connectivity index (χ1) is 40.5. The molecule has 6 heteroatoms. The molecule has 1 aliphatic heterocycles. The first-order valence-electron chi connectivity index (χ1n) is 29.3. The fourth-order valence-corrected chi connectivity index (χ4v) is 12.9. The number of hydrogen-bond donors (Lipinski definition) is 0. The molecule has 85 heavy (non-hydrogen) atoms. The van der Waals surface area contributed by atoms with Crippen LogP contribution in [0.5, 0.6) is 11.5 Å². The maximum Gasteiger partial charge on any atom is 0.135 e. The van der Waals surface area contributed by atoms with Crippen molar-refractivity contribution in [1.82, 2.24) is 9.55 Å². The molecule has 10 aromatic carbocycles. The molecule has 0 saturated carbocycles. The number of pyridine rings is 1. The molecule has 0 unspecified atom stereocenters. The Kier molecular flexibility index (Phi) is 13.7. The SMILES string of the molecule is CC(C)(C)c1ccc2c(c1)-c1cc(C(C)(C)C)ccc1C2(c1ccccc1)c1ccnc(-n2c3[c-]c(Oc4[c-]c(N5[CH-]N(c6c(-c7ccccc7)cc(C(C)(C)C)cc6-c6ccccc6)c6ccccc65)ccc4)ccc3c3ccccc32)c1.[Pt]. The molecular formula is C79H67N4OPt-3. The van der Waals surface area contributed by atoms with Crippen LogP contribution in [0.2, 0.25) is 0 Å². The van der Waals surface area contributed by atoms with Crippen LogP contribution >= 0.6 is 0 Å². The summed E-state index contributed by atoms with van der Waals surface area (Å²) in [4.78, 5) is 9.82. The number of rotatable bonds is 9. The molecule has 2 aromatic heterocycles. The largest absolute Gasteiger partial charge is 0.509 e. The second-order valence-electron chi connectivity index (χ2n) is 25.7. The average molecular weight is 1280 g/mol. The van der Waals surface area contributed by atoms with Gasteiger partial charge in [-0.25, -0.2) is 4.98 Å². The topological polar surface area (TPSA) is 33.5 Å². The van der Waals surface area contributed by atoms with Crippen LogP contribution in [0.4, 0.5) is 22.7 Å². The van der Waals surface area contributed by atoms with Crippen LogP contribution in [0.15, 0.2) is 237 Å². The minimum Gasteiger partial charge on any atom is -0.509 e. The predicted octanol–water partition coefficient (Wildman–Crippen LogP) is 20.6. The maximum absolute atomic E-state index is 6.90. The zero-order valence-corrected chi connectivity index (χ0v) is 51.9. The van der Waals surface area contributed by atoms with Crippen molar-refractivity contribution in [2.24, 2.45) is 0 Å². The van der Waals surface area contributed by atoms with Crippen molar-refractivity contribution in [2.45, 2.75) is 84.0 Å². The molecule has 1 aliphatic carbocycles. The smallest absolute Gasteiger partial charge is 0.135 e. The van der Waals surface area contributed by atoms with Gasteiger partial charge >= 0.3 is 0 Å². The average Bonchev–Trinajstić information content (AvgIpc) is 1.66. The third-order valence-electron chi connectivity index (χ3n) is 17.3. The van der Waals surface area contributed by atoms with E-state index in [2.05, 4.69) is 308 Å². The van der Waals surface area contributed by atoms with Gasteiger partial charge in [0.15, 0.2) is 0 Å². The first-order valence-corrected chi connectivity index (χ1v) is 29.3. The molecule has 3 heterocycles. The third-order valence-corrected chi connectivity index (χ3v) is 17.3. The van der Waals surface area contributed by atoms with E-state index < -0.39 is 5.41 Å². The van der Waals surface area contributed by atoms with Crippen molar-refractivity contribution < 1.29 is 25.8 Å². The number of para-hydroxylation sites is 3. The number of fused-ring (bicyclic) bond motifs is 7. The van der Waals surface area contributed by atoms with Gasteiger partial charge in [-0.05, 0) is 125 Å². The van der Waals surface area contributed by atoms with Gasteiger partial charge in [0.05, 0.1) is 5.41 Å². The zero-order valence-electron chi connectivity index (χ0n) is 49.6. The summed E-state index contributed by atoms with van der Waals surface area (Å²) < 4.78 is 9.15. The molecule has 0 spiro atoms. The normalized spacial score (nSPS) is 13.6. The number of aromatic nitrogens is 2. The Balaban J connectivity index is 0.00000672. The summed E-state index contributed by atoms with van der Waals surface area (Å²) in [5.41, 5.74) is 21.2. The Labute approximate surface area is 515 Å². The van der Waals surface area contributed by atoms with E-state index in [0.717, 1.165) is 78.2 Å². The van der Waals surface area contributed by atoms with Gasteiger partial charge in [0.25, 0.3) is 0 Å². The van der Waals surface area contributed by atoms with E-state index in [1.54, 1.807) is 0 Å². The van der Waals surface area contributed by atoms with Crippen LogP contribution in [0.1, 0.15) is 101 Å². The number of nitrogens with zero attached hydrogens (tertiary/aromatic N) is 4. The molecule has 0 amide bonds. The number of anilines is 4. The minimum absolute atomic E-state index is 0. The van der Waals surface area contributed by atoms with Crippen LogP contribution in [0.3, 0.4) is 0 Å².